The van der Waals surface area contributed by atoms with Gasteiger partial charge in [0.2, 0.25) is 0 Å². The van der Waals surface area contributed by atoms with Crippen LogP contribution in [-0.4, -0.2) is 25.2 Å². The van der Waals surface area contributed by atoms with Gasteiger partial charge in [-0.1, -0.05) is 24.3 Å². The highest BCUT2D eigenvalue weighted by Gasteiger charge is 2.57. The average Bonchev–Trinajstić information content (AvgIpc) is 3.36. The summed E-state index contributed by atoms with van der Waals surface area (Å²) in [6.45, 7) is 2.29. The SMILES string of the molecule is CC12COC(c3ccc(-c4cc(F)c(C(F)(F)Oc5cc(F)c(C(F)(F)OC(F)(F)F)c(F)c5)c(F)c4)cc3)(OC1)O2. The van der Waals surface area contributed by atoms with Crippen molar-refractivity contribution < 1.29 is 72.0 Å². The van der Waals surface area contributed by atoms with Crippen LogP contribution in [0.4, 0.5) is 48.3 Å². The molecule has 2 heterocycles. The first kappa shape index (κ1) is 30.0. The number of halogens is 11. The Kier molecular flexibility index (Phi) is 6.99. The van der Waals surface area contributed by atoms with Gasteiger partial charge >= 0.3 is 24.6 Å². The lowest BCUT2D eigenvalue weighted by atomic mass is 10.0. The van der Waals surface area contributed by atoms with Crippen LogP contribution in [0.3, 0.4) is 0 Å². The van der Waals surface area contributed by atoms with Crippen molar-refractivity contribution in [2.75, 3.05) is 13.2 Å². The van der Waals surface area contributed by atoms with Crippen LogP contribution in [-0.2, 0) is 37.1 Å². The van der Waals surface area contributed by atoms with Gasteiger partial charge in [0, 0.05) is 17.7 Å². The summed E-state index contributed by atoms with van der Waals surface area (Å²) >= 11 is 0. The predicted octanol–water partition coefficient (Wildman–Crippen LogP) is 7.57. The predicted molar refractivity (Wildman–Crippen MR) is 117 cm³/mol. The summed E-state index contributed by atoms with van der Waals surface area (Å²) in [4.78, 5) is 0. The van der Waals surface area contributed by atoms with Crippen molar-refractivity contribution in [3.8, 4) is 16.9 Å². The molecule has 3 aromatic rings. The maximum Gasteiger partial charge on any atom is 0.527 e. The number of ether oxygens (including phenoxy) is 5. The van der Waals surface area contributed by atoms with Crippen LogP contribution in [0.2, 0.25) is 0 Å². The first-order chi connectivity index (χ1) is 19.3. The molecule has 16 heteroatoms. The first-order valence-corrected chi connectivity index (χ1v) is 11.6. The van der Waals surface area contributed by atoms with Gasteiger partial charge in [0.25, 0.3) is 0 Å². The summed E-state index contributed by atoms with van der Waals surface area (Å²) in [7, 11) is 0. The zero-order valence-corrected chi connectivity index (χ0v) is 20.7. The van der Waals surface area contributed by atoms with Crippen molar-refractivity contribution >= 4 is 0 Å². The Hall–Kier alpha value is -3.47. The number of benzene rings is 3. The van der Waals surface area contributed by atoms with Gasteiger partial charge in [0.1, 0.15) is 45.7 Å². The molecule has 42 heavy (non-hydrogen) atoms. The van der Waals surface area contributed by atoms with Crippen molar-refractivity contribution in [1.82, 2.24) is 0 Å². The minimum Gasteiger partial charge on any atom is -0.429 e. The van der Waals surface area contributed by atoms with Crippen molar-refractivity contribution in [2.24, 2.45) is 0 Å². The maximum atomic E-state index is 14.8. The molecule has 2 aliphatic heterocycles. The molecule has 0 radical (unpaired) electrons. The first-order valence-electron chi connectivity index (χ1n) is 11.6. The van der Waals surface area contributed by atoms with E-state index in [1.807, 2.05) is 0 Å². The molecule has 226 valence electrons. The Morgan fingerprint density at radius 1 is 0.667 bits per heavy atom. The molecule has 2 aliphatic rings. The lowest BCUT2D eigenvalue weighted by Gasteiger charge is -2.24. The third-order valence-corrected chi connectivity index (χ3v) is 6.22. The van der Waals surface area contributed by atoms with Gasteiger partial charge < -0.3 is 18.9 Å². The number of fused-ring (bicyclic) bond motifs is 2. The molecule has 2 saturated heterocycles. The highest BCUT2D eigenvalue weighted by atomic mass is 19.4. The fourth-order valence-corrected chi connectivity index (χ4v) is 4.41. The standard InChI is InChI=1S/C26H15F11O5/c1-22-10-38-25(41-22,39-11-22)14-4-2-12(3-5-14)13-6-16(27)20(17(28)7-13)23(31,32)40-15-8-18(29)21(19(30)9-15)24(33,34)42-26(35,36)37/h2-9H,10-11H2,1H3. The number of rotatable bonds is 7. The van der Waals surface area contributed by atoms with Gasteiger partial charge in [-0.2, -0.15) is 17.6 Å². The third kappa shape index (κ3) is 5.50. The second-order valence-electron chi connectivity index (χ2n) is 9.52. The molecule has 5 rings (SSSR count). The lowest BCUT2D eigenvalue weighted by Crippen LogP contribution is -2.32. The molecule has 0 N–H and O–H groups in total. The maximum absolute atomic E-state index is 14.8. The van der Waals surface area contributed by atoms with E-state index in [9.17, 15) is 48.3 Å². The van der Waals surface area contributed by atoms with Crippen LogP contribution < -0.4 is 4.74 Å². The highest BCUT2D eigenvalue weighted by molar-refractivity contribution is 5.64. The molecule has 0 aromatic heterocycles. The molecular formula is C26H15F11O5. The Morgan fingerprint density at radius 2 is 1.14 bits per heavy atom. The largest absolute Gasteiger partial charge is 0.527 e. The zero-order valence-electron chi connectivity index (χ0n) is 20.7. The van der Waals surface area contributed by atoms with Crippen molar-refractivity contribution in [1.29, 1.82) is 0 Å². The molecular weight excluding hydrogens is 601 g/mol. The van der Waals surface area contributed by atoms with Gasteiger partial charge in [-0.15, -0.1) is 13.2 Å². The second-order valence-corrected chi connectivity index (χ2v) is 9.52. The van der Waals surface area contributed by atoms with Crippen LogP contribution in [0, 0.1) is 23.3 Å². The summed E-state index contributed by atoms with van der Waals surface area (Å²) in [6, 6.07) is 6.03. The van der Waals surface area contributed by atoms with Crippen molar-refractivity contribution in [3.63, 3.8) is 0 Å². The Bertz CT molecular complexity index is 1470. The fraction of sp³-hybridized carbons (Fsp3) is 0.308. The van der Waals surface area contributed by atoms with E-state index in [0.717, 1.165) is 0 Å². The normalized spacial score (nSPS) is 22.6. The van der Waals surface area contributed by atoms with Crippen LogP contribution in [0.1, 0.15) is 23.6 Å². The van der Waals surface area contributed by atoms with Crippen molar-refractivity contribution in [2.45, 2.75) is 37.1 Å². The van der Waals surface area contributed by atoms with Crippen LogP contribution in [0.5, 0.6) is 5.75 Å². The van der Waals surface area contributed by atoms with E-state index in [1.54, 1.807) is 6.92 Å². The molecule has 0 saturated carbocycles. The third-order valence-electron chi connectivity index (χ3n) is 6.22. The Labute approximate surface area is 228 Å². The molecule has 5 nitrogen and oxygen atoms in total. The van der Waals surface area contributed by atoms with Crippen molar-refractivity contribution in [3.05, 3.63) is 88.5 Å². The number of hydrogen-bond acceptors (Lipinski definition) is 5. The van der Waals surface area contributed by atoms with E-state index in [-0.39, 0.29) is 36.5 Å². The number of alkyl halides is 7. The summed E-state index contributed by atoms with van der Waals surface area (Å²) in [5.41, 5.74) is -4.87. The van der Waals surface area contributed by atoms with Crippen LogP contribution in [0.25, 0.3) is 11.1 Å². The van der Waals surface area contributed by atoms with Gasteiger partial charge in [-0.25, -0.2) is 22.3 Å². The van der Waals surface area contributed by atoms with Gasteiger partial charge in [0.05, 0.1) is 13.2 Å². The topological polar surface area (TPSA) is 46.2 Å². The minimum absolute atomic E-state index is 0.157. The smallest absolute Gasteiger partial charge is 0.429 e. The summed E-state index contributed by atoms with van der Waals surface area (Å²) in [5.74, 6) is -11.7. The quantitative estimate of drug-likeness (QED) is 0.257. The lowest BCUT2D eigenvalue weighted by molar-refractivity contribution is -0.432. The molecule has 0 spiro atoms. The zero-order chi connectivity index (χ0) is 30.9. The van der Waals surface area contributed by atoms with Crippen LogP contribution >= 0.6 is 0 Å². The monoisotopic (exact) mass is 616 g/mol. The van der Waals surface area contributed by atoms with Gasteiger partial charge in [-0.3, -0.25) is 0 Å². The molecule has 2 fully saturated rings. The Morgan fingerprint density at radius 3 is 1.60 bits per heavy atom. The summed E-state index contributed by atoms with van der Waals surface area (Å²) in [6.07, 6.45) is -16.6. The van der Waals surface area contributed by atoms with E-state index >= 15 is 0 Å². The second kappa shape index (κ2) is 9.79. The summed E-state index contributed by atoms with van der Waals surface area (Å²) in [5, 5.41) is 0. The number of hydrogen-bond donors (Lipinski definition) is 0. The summed E-state index contributed by atoms with van der Waals surface area (Å²) < 4.78 is 174. The van der Waals surface area contributed by atoms with E-state index in [2.05, 4.69) is 9.47 Å². The Balaban J connectivity index is 1.39. The molecule has 0 aliphatic carbocycles. The molecule has 3 aromatic carbocycles. The van der Waals surface area contributed by atoms with E-state index < -0.39 is 70.3 Å². The van der Waals surface area contributed by atoms with E-state index in [0.29, 0.717) is 17.7 Å². The average molecular weight is 616 g/mol. The highest BCUT2D eigenvalue weighted by Crippen LogP contribution is 2.47. The molecule has 0 unspecified atom stereocenters. The molecule has 2 bridgehead atoms. The molecule has 0 amide bonds. The van der Waals surface area contributed by atoms with Gasteiger partial charge in [0.15, 0.2) is 0 Å². The fourth-order valence-electron chi connectivity index (χ4n) is 4.41. The van der Waals surface area contributed by atoms with Gasteiger partial charge in [-0.05, 0) is 30.2 Å². The molecule has 0 atom stereocenters. The van der Waals surface area contributed by atoms with E-state index in [4.69, 9.17) is 14.2 Å². The van der Waals surface area contributed by atoms with Crippen LogP contribution in [0.15, 0.2) is 48.5 Å². The minimum atomic E-state index is -6.03. The van der Waals surface area contributed by atoms with E-state index in [1.165, 1.54) is 24.3 Å².